The van der Waals surface area contributed by atoms with Crippen LogP contribution in [0.2, 0.25) is 0 Å². The third-order valence-electron chi connectivity index (χ3n) is 1.08. The highest BCUT2D eigenvalue weighted by Crippen LogP contribution is 1.89. The summed E-state index contributed by atoms with van der Waals surface area (Å²) in [7, 11) is -3.18. The standard InChI is InChI=1S/C5H10N2O3S/c1-11(8,9)7-5-4-10-3-2-6-5/h2-4H2,1H3,(H,6,7). The summed E-state index contributed by atoms with van der Waals surface area (Å²) >= 11 is 0. The van der Waals surface area contributed by atoms with E-state index in [-0.39, 0.29) is 6.61 Å². The zero-order chi connectivity index (χ0) is 8.32. The van der Waals surface area contributed by atoms with Gasteiger partial charge in [-0.15, -0.1) is 0 Å². The fourth-order valence-electron chi connectivity index (χ4n) is 0.735. The Kier molecular flexibility index (Phi) is 2.45. The molecule has 0 saturated heterocycles. The molecule has 6 heteroatoms. The molecular weight excluding hydrogens is 168 g/mol. The van der Waals surface area contributed by atoms with Crippen molar-refractivity contribution < 1.29 is 13.2 Å². The monoisotopic (exact) mass is 178 g/mol. The Morgan fingerprint density at radius 1 is 1.64 bits per heavy atom. The van der Waals surface area contributed by atoms with Crippen molar-refractivity contribution in [2.24, 2.45) is 4.99 Å². The molecule has 1 rings (SSSR count). The summed E-state index contributed by atoms with van der Waals surface area (Å²) in [6.45, 7) is 1.35. The lowest BCUT2D eigenvalue weighted by molar-refractivity contribution is 0.169. The molecule has 0 atom stereocenters. The first kappa shape index (κ1) is 8.48. The number of amidine groups is 1. The van der Waals surface area contributed by atoms with Gasteiger partial charge in [-0.25, -0.2) is 8.42 Å². The van der Waals surface area contributed by atoms with Gasteiger partial charge in [-0.1, -0.05) is 0 Å². The fraction of sp³-hybridized carbons (Fsp3) is 0.800. The molecule has 0 unspecified atom stereocenters. The molecule has 0 aromatic rings. The van der Waals surface area contributed by atoms with E-state index in [9.17, 15) is 8.42 Å². The predicted molar refractivity (Wildman–Crippen MR) is 41.1 cm³/mol. The number of hydrogen-bond acceptors (Lipinski definition) is 4. The second-order valence-electron chi connectivity index (χ2n) is 2.26. The van der Waals surface area contributed by atoms with Gasteiger partial charge >= 0.3 is 0 Å². The second-order valence-corrected chi connectivity index (χ2v) is 4.00. The molecule has 0 aliphatic carbocycles. The van der Waals surface area contributed by atoms with Gasteiger partial charge in [-0.3, -0.25) is 9.71 Å². The molecule has 1 N–H and O–H groups in total. The van der Waals surface area contributed by atoms with Crippen LogP contribution in [-0.2, 0) is 14.8 Å². The Balaban J connectivity index is 2.55. The van der Waals surface area contributed by atoms with Crippen LogP contribution >= 0.6 is 0 Å². The van der Waals surface area contributed by atoms with Crippen LogP contribution in [0.1, 0.15) is 0 Å². The van der Waals surface area contributed by atoms with Crippen LogP contribution in [0, 0.1) is 0 Å². The molecule has 0 aromatic carbocycles. The van der Waals surface area contributed by atoms with Crippen molar-refractivity contribution in [2.45, 2.75) is 0 Å². The minimum atomic E-state index is -3.18. The summed E-state index contributed by atoms with van der Waals surface area (Å²) in [6.07, 6.45) is 1.09. The molecule has 64 valence electrons. The summed E-state index contributed by atoms with van der Waals surface area (Å²) in [5.74, 6) is 0.388. The summed E-state index contributed by atoms with van der Waals surface area (Å²) in [4.78, 5) is 3.92. The largest absolute Gasteiger partial charge is 0.372 e. The van der Waals surface area contributed by atoms with E-state index >= 15 is 0 Å². The summed E-state index contributed by atoms with van der Waals surface area (Å²) < 4.78 is 28.5. The van der Waals surface area contributed by atoms with Crippen LogP contribution in [0.25, 0.3) is 0 Å². The van der Waals surface area contributed by atoms with Crippen molar-refractivity contribution in [2.75, 3.05) is 26.0 Å². The van der Waals surface area contributed by atoms with Gasteiger partial charge in [0, 0.05) is 0 Å². The number of aliphatic imine (C=N–C) groups is 1. The Bertz CT molecular complexity index is 257. The number of rotatable bonds is 1. The Labute approximate surface area is 65.5 Å². The van der Waals surface area contributed by atoms with Crippen molar-refractivity contribution in [1.82, 2.24) is 4.72 Å². The molecule has 1 heterocycles. The summed E-state index contributed by atoms with van der Waals surface area (Å²) in [5.41, 5.74) is 0. The molecule has 0 bridgehead atoms. The average Bonchev–Trinajstić information content (AvgIpc) is 1.85. The van der Waals surface area contributed by atoms with Gasteiger partial charge in [0.1, 0.15) is 12.4 Å². The molecule has 0 radical (unpaired) electrons. The quantitative estimate of drug-likeness (QED) is 0.558. The van der Waals surface area contributed by atoms with E-state index in [4.69, 9.17) is 4.74 Å². The molecule has 1 aliphatic heterocycles. The van der Waals surface area contributed by atoms with Crippen LogP contribution in [0.3, 0.4) is 0 Å². The SMILES string of the molecule is CS(=O)(=O)NC1=NCCOC1. The fourth-order valence-corrected chi connectivity index (χ4v) is 1.29. The van der Waals surface area contributed by atoms with Gasteiger partial charge in [0.15, 0.2) is 0 Å². The van der Waals surface area contributed by atoms with E-state index in [1.165, 1.54) is 0 Å². The molecular formula is C5H10N2O3S. The van der Waals surface area contributed by atoms with E-state index in [2.05, 4.69) is 9.71 Å². The highest BCUT2D eigenvalue weighted by atomic mass is 32.2. The van der Waals surface area contributed by atoms with Gasteiger partial charge in [0.2, 0.25) is 10.0 Å². The zero-order valence-electron chi connectivity index (χ0n) is 6.20. The van der Waals surface area contributed by atoms with Crippen molar-refractivity contribution in [3.8, 4) is 0 Å². The Hall–Kier alpha value is -0.620. The van der Waals surface area contributed by atoms with Crippen LogP contribution in [0.4, 0.5) is 0 Å². The molecule has 11 heavy (non-hydrogen) atoms. The highest BCUT2D eigenvalue weighted by molar-refractivity contribution is 7.89. The maximum Gasteiger partial charge on any atom is 0.230 e. The highest BCUT2D eigenvalue weighted by Gasteiger charge is 2.08. The predicted octanol–water partition coefficient (Wildman–Crippen LogP) is -1.04. The van der Waals surface area contributed by atoms with Crippen molar-refractivity contribution in [1.29, 1.82) is 0 Å². The van der Waals surface area contributed by atoms with E-state index in [1.807, 2.05) is 0 Å². The molecule has 1 aliphatic rings. The lowest BCUT2D eigenvalue weighted by Gasteiger charge is -2.12. The number of nitrogens with zero attached hydrogens (tertiary/aromatic N) is 1. The minimum absolute atomic E-state index is 0.257. The van der Waals surface area contributed by atoms with Crippen LogP contribution < -0.4 is 4.72 Å². The van der Waals surface area contributed by atoms with Crippen LogP contribution in [0.5, 0.6) is 0 Å². The number of nitrogens with one attached hydrogen (secondary N) is 1. The van der Waals surface area contributed by atoms with Crippen molar-refractivity contribution in [3.63, 3.8) is 0 Å². The normalized spacial score (nSPS) is 19.2. The van der Waals surface area contributed by atoms with Gasteiger partial charge in [0.05, 0.1) is 19.4 Å². The first-order valence-electron chi connectivity index (χ1n) is 3.17. The van der Waals surface area contributed by atoms with Crippen molar-refractivity contribution >= 4 is 15.9 Å². The lowest BCUT2D eigenvalue weighted by Crippen LogP contribution is -2.35. The molecule has 0 spiro atoms. The summed E-state index contributed by atoms with van der Waals surface area (Å²) in [5, 5.41) is 0. The number of ether oxygens (including phenoxy) is 1. The molecule has 0 fully saturated rings. The van der Waals surface area contributed by atoms with E-state index in [0.717, 1.165) is 6.26 Å². The first-order valence-corrected chi connectivity index (χ1v) is 5.06. The van der Waals surface area contributed by atoms with Crippen LogP contribution in [0.15, 0.2) is 4.99 Å². The maximum absolute atomic E-state index is 10.7. The third kappa shape index (κ3) is 3.33. The zero-order valence-corrected chi connectivity index (χ0v) is 7.02. The van der Waals surface area contributed by atoms with Gasteiger partial charge < -0.3 is 4.74 Å². The Morgan fingerprint density at radius 2 is 2.36 bits per heavy atom. The maximum atomic E-state index is 10.7. The molecule has 5 nitrogen and oxygen atoms in total. The topological polar surface area (TPSA) is 67.8 Å². The van der Waals surface area contributed by atoms with Crippen molar-refractivity contribution in [3.05, 3.63) is 0 Å². The summed E-state index contributed by atoms with van der Waals surface area (Å²) in [6, 6.07) is 0. The molecule has 0 saturated carbocycles. The van der Waals surface area contributed by atoms with Gasteiger partial charge in [-0.05, 0) is 0 Å². The van der Waals surface area contributed by atoms with E-state index in [0.29, 0.717) is 19.0 Å². The lowest BCUT2D eigenvalue weighted by atomic mass is 10.5. The smallest absolute Gasteiger partial charge is 0.230 e. The first-order chi connectivity index (χ1) is 5.08. The van der Waals surface area contributed by atoms with E-state index < -0.39 is 10.0 Å². The number of hydrogen-bond donors (Lipinski definition) is 1. The van der Waals surface area contributed by atoms with Crippen LogP contribution in [-0.4, -0.2) is 40.3 Å². The molecule has 0 aromatic heterocycles. The second kappa shape index (κ2) is 3.19. The minimum Gasteiger partial charge on any atom is -0.372 e. The number of sulfonamides is 1. The van der Waals surface area contributed by atoms with E-state index in [1.54, 1.807) is 0 Å². The Morgan fingerprint density at radius 3 is 2.82 bits per heavy atom. The van der Waals surface area contributed by atoms with Gasteiger partial charge in [-0.2, -0.15) is 0 Å². The average molecular weight is 178 g/mol. The molecule has 0 amide bonds. The third-order valence-corrected chi connectivity index (χ3v) is 1.69. The van der Waals surface area contributed by atoms with Gasteiger partial charge in [0.25, 0.3) is 0 Å².